The van der Waals surface area contributed by atoms with Gasteiger partial charge in [0.05, 0.1) is 6.61 Å². The van der Waals surface area contributed by atoms with Crippen molar-refractivity contribution in [1.29, 1.82) is 0 Å². The summed E-state index contributed by atoms with van der Waals surface area (Å²) in [5, 5.41) is 0. The van der Waals surface area contributed by atoms with Gasteiger partial charge in [-0.3, -0.25) is 0 Å². The highest BCUT2D eigenvalue weighted by Gasteiger charge is 2.24. The van der Waals surface area contributed by atoms with Crippen LogP contribution in [-0.4, -0.2) is 12.6 Å². The zero-order valence-electron chi connectivity index (χ0n) is 10.7. The molecule has 16 heavy (non-hydrogen) atoms. The van der Waals surface area contributed by atoms with Crippen LogP contribution in [0.2, 0.25) is 0 Å². The summed E-state index contributed by atoms with van der Waals surface area (Å²) in [7, 11) is 0. The van der Waals surface area contributed by atoms with Gasteiger partial charge in [-0.05, 0) is 27.2 Å². The normalized spacial score (nSPS) is 12.6. The zero-order valence-corrected chi connectivity index (χ0v) is 10.7. The SMILES string of the molecule is CCOC(=O)c1c(C(C)CC)oc(C)c1C. The van der Waals surface area contributed by atoms with Crippen LogP contribution in [0.3, 0.4) is 0 Å². The highest BCUT2D eigenvalue weighted by molar-refractivity contribution is 5.92. The quantitative estimate of drug-likeness (QED) is 0.734. The molecule has 1 rings (SSSR count). The Morgan fingerprint density at radius 2 is 2.00 bits per heavy atom. The molecule has 0 saturated heterocycles. The lowest BCUT2D eigenvalue weighted by molar-refractivity contribution is 0.0522. The van der Waals surface area contributed by atoms with Gasteiger partial charge in [-0.25, -0.2) is 4.79 Å². The van der Waals surface area contributed by atoms with Gasteiger partial charge in [0, 0.05) is 11.5 Å². The first-order valence-corrected chi connectivity index (χ1v) is 5.79. The monoisotopic (exact) mass is 224 g/mol. The van der Waals surface area contributed by atoms with Crippen LogP contribution in [0.15, 0.2) is 4.42 Å². The molecule has 0 spiro atoms. The number of hydrogen-bond acceptors (Lipinski definition) is 3. The fourth-order valence-electron chi connectivity index (χ4n) is 1.64. The Bertz CT molecular complexity index is 377. The van der Waals surface area contributed by atoms with Crippen molar-refractivity contribution in [2.75, 3.05) is 6.61 Å². The molecule has 1 atom stereocenters. The number of rotatable bonds is 4. The minimum Gasteiger partial charge on any atom is -0.465 e. The van der Waals surface area contributed by atoms with E-state index >= 15 is 0 Å². The van der Waals surface area contributed by atoms with Crippen LogP contribution in [-0.2, 0) is 4.74 Å². The van der Waals surface area contributed by atoms with Crippen LogP contribution >= 0.6 is 0 Å². The maximum atomic E-state index is 11.8. The summed E-state index contributed by atoms with van der Waals surface area (Å²) < 4.78 is 10.7. The predicted octanol–water partition coefficient (Wildman–Crippen LogP) is 3.59. The minimum absolute atomic E-state index is 0.242. The first-order chi connectivity index (χ1) is 7.52. The molecule has 1 unspecified atom stereocenters. The van der Waals surface area contributed by atoms with Crippen molar-refractivity contribution < 1.29 is 13.9 Å². The van der Waals surface area contributed by atoms with E-state index in [9.17, 15) is 4.79 Å². The molecule has 0 aromatic carbocycles. The molecule has 1 aromatic rings. The average Bonchev–Trinajstić information content (AvgIpc) is 2.55. The number of esters is 1. The minimum atomic E-state index is -0.271. The molecule has 0 radical (unpaired) electrons. The Kier molecular flexibility index (Phi) is 4.16. The summed E-state index contributed by atoms with van der Waals surface area (Å²) in [5.74, 6) is 1.54. The Labute approximate surface area is 96.8 Å². The Balaban J connectivity index is 3.18. The molecule has 0 N–H and O–H groups in total. The topological polar surface area (TPSA) is 39.4 Å². The van der Waals surface area contributed by atoms with Crippen LogP contribution < -0.4 is 0 Å². The van der Waals surface area contributed by atoms with Crippen molar-refractivity contribution in [1.82, 2.24) is 0 Å². The molecule has 0 saturated carbocycles. The third-order valence-corrected chi connectivity index (χ3v) is 2.95. The van der Waals surface area contributed by atoms with Crippen LogP contribution in [0, 0.1) is 13.8 Å². The predicted molar refractivity (Wildman–Crippen MR) is 62.8 cm³/mol. The molecule has 0 amide bonds. The Morgan fingerprint density at radius 1 is 1.38 bits per heavy atom. The second kappa shape index (κ2) is 5.19. The van der Waals surface area contributed by atoms with Gasteiger partial charge < -0.3 is 9.15 Å². The lowest BCUT2D eigenvalue weighted by Gasteiger charge is -2.08. The third-order valence-electron chi connectivity index (χ3n) is 2.95. The van der Waals surface area contributed by atoms with Gasteiger partial charge in [0.1, 0.15) is 17.1 Å². The first-order valence-electron chi connectivity index (χ1n) is 5.79. The van der Waals surface area contributed by atoms with E-state index in [1.807, 2.05) is 20.8 Å². The van der Waals surface area contributed by atoms with Crippen molar-refractivity contribution in [2.24, 2.45) is 0 Å². The Hall–Kier alpha value is -1.25. The number of furan rings is 1. The van der Waals surface area contributed by atoms with Gasteiger partial charge in [-0.1, -0.05) is 13.8 Å². The second-order valence-corrected chi connectivity index (χ2v) is 4.05. The molecule has 0 aliphatic carbocycles. The van der Waals surface area contributed by atoms with Gasteiger partial charge in [-0.2, -0.15) is 0 Å². The van der Waals surface area contributed by atoms with Crippen LogP contribution in [0.4, 0.5) is 0 Å². The molecule has 0 bridgehead atoms. The maximum Gasteiger partial charge on any atom is 0.341 e. The van der Waals surface area contributed by atoms with Crippen LogP contribution in [0.25, 0.3) is 0 Å². The van der Waals surface area contributed by atoms with Gasteiger partial charge >= 0.3 is 5.97 Å². The van der Waals surface area contributed by atoms with Crippen molar-refractivity contribution in [2.45, 2.75) is 47.0 Å². The van der Waals surface area contributed by atoms with Crippen LogP contribution in [0.1, 0.15) is 60.6 Å². The summed E-state index contributed by atoms with van der Waals surface area (Å²) in [6.45, 7) is 10.1. The number of carbonyl (C=O) groups is 1. The average molecular weight is 224 g/mol. The summed E-state index contributed by atoms with van der Waals surface area (Å²) in [6, 6.07) is 0. The summed E-state index contributed by atoms with van der Waals surface area (Å²) >= 11 is 0. The molecule has 1 heterocycles. The van der Waals surface area contributed by atoms with Crippen molar-refractivity contribution in [3.63, 3.8) is 0 Å². The standard InChI is InChI=1S/C13H20O3/c1-6-8(3)12-11(13(14)15-7-2)9(4)10(5)16-12/h8H,6-7H2,1-5H3. The highest BCUT2D eigenvalue weighted by Crippen LogP contribution is 2.30. The molecule has 3 nitrogen and oxygen atoms in total. The number of ether oxygens (including phenoxy) is 1. The summed E-state index contributed by atoms with van der Waals surface area (Å²) in [5.41, 5.74) is 1.52. The highest BCUT2D eigenvalue weighted by atomic mass is 16.5. The molecular formula is C13H20O3. The van der Waals surface area contributed by atoms with E-state index in [-0.39, 0.29) is 11.9 Å². The van der Waals surface area contributed by atoms with E-state index in [1.54, 1.807) is 0 Å². The van der Waals surface area contributed by atoms with Crippen LogP contribution in [0.5, 0.6) is 0 Å². The molecule has 0 fully saturated rings. The summed E-state index contributed by atoms with van der Waals surface area (Å²) in [4.78, 5) is 11.8. The molecule has 90 valence electrons. The van der Waals surface area contributed by atoms with Crippen molar-refractivity contribution in [3.05, 3.63) is 22.6 Å². The maximum absolute atomic E-state index is 11.8. The van der Waals surface area contributed by atoms with Gasteiger partial charge in [0.2, 0.25) is 0 Å². The van der Waals surface area contributed by atoms with E-state index in [0.717, 1.165) is 23.5 Å². The number of carbonyl (C=O) groups excluding carboxylic acids is 1. The number of hydrogen-bond donors (Lipinski definition) is 0. The molecule has 0 aliphatic heterocycles. The van der Waals surface area contributed by atoms with E-state index in [4.69, 9.17) is 9.15 Å². The molecule has 0 aliphatic rings. The first kappa shape index (κ1) is 12.8. The zero-order chi connectivity index (χ0) is 12.3. The van der Waals surface area contributed by atoms with Crippen molar-refractivity contribution >= 4 is 5.97 Å². The van der Waals surface area contributed by atoms with E-state index in [1.165, 1.54) is 0 Å². The van der Waals surface area contributed by atoms with E-state index in [2.05, 4.69) is 13.8 Å². The lowest BCUT2D eigenvalue weighted by Crippen LogP contribution is -2.09. The van der Waals surface area contributed by atoms with Gasteiger partial charge in [-0.15, -0.1) is 0 Å². The number of aryl methyl sites for hydroxylation is 1. The second-order valence-electron chi connectivity index (χ2n) is 4.05. The van der Waals surface area contributed by atoms with E-state index in [0.29, 0.717) is 12.2 Å². The van der Waals surface area contributed by atoms with Crippen molar-refractivity contribution in [3.8, 4) is 0 Å². The Morgan fingerprint density at radius 3 is 2.50 bits per heavy atom. The molecule has 3 heteroatoms. The largest absolute Gasteiger partial charge is 0.465 e. The van der Waals surface area contributed by atoms with E-state index < -0.39 is 0 Å². The molecular weight excluding hydrogens is 204 g/mol. The third kappa shape index (κ3) is 2.29. The van der Waals surface area contributed by atoms with Gasteiger partial charge in [0.15, 0.2) is 0 Å². The lowest BCUT2D eigenvalue weighted by atomic mass is 10.00. The molecule has 1 aromatic heterocycles. The van der Waals surface area contributed by atoms with Gasteiger partial charge in [0.25, 0.3) is 0 Å². The fourth-order valence-corrected chi connectivity index (χ4v) is 1.64. The fraction of sp³-hybridized carbons (Fsp3) is 0.615. The smallest absolute Gasteiger partial charge is 0.341 e. The summed E-state index contributed by atoms with van der Waals surface area (Å²) in [6.07, 6.45) is 0.943.